The van der Waals surface area contributed by atoms with Crippen molar-refractivity contribution in [3.63, 3.8) is 0 Å². The van der Waals surface area contributed by atoms with Gasteiger partial charge in [-0.25, -0.2) is 0 Å². The number of benzene rings is 1. The zero-order valence-electron chi connectivity index (χ0n) is 9.58. The Morgan fingerprint density at radius 3 is 2.71 bits per heavy atom. The summed E-state index contributed by atoms with van der Waals surface area (Å²) in [5.74, 6) is -0.117. The third-order valence-corrected chi connectivity index (χ3v) is 2.71. The summed E-state index contributed by atoms with van der Waals surface area (Å²) in [4.78, 5) is 11.6. The molecule has 0 saturated heterocycles. The van der Waals surface area contributed by atoms with E-state index < -0.39 is 0 Å². The fourth-order valence-electron chi connectivity index (χ4n) is 1.36. The Morgan fingerprint density at radius 1 is 1.53 bits per heavy atom. The molecule has 1 rings (SSSR count). The second-order valence-corrected chi connectivity index (χ2v) is 4.41. The molecule has 1 aromatic rings. The van der Waals surface area contributed by atoms with Gasteiger partial charge in [-0.3, -0.25) is 4.79 Å². The first-order valence-electron chi connectivity index (χ1n) is 5.03. The first-order chi connectivity index (χ1) is 7.95. The molecule has 1 aromatic carbocycles. The van der Waals surface area contributed by atoms with Crippen molar-refractivity contribution in [1.29, 1.82) is 0 Å². The maximum atomic E-state index is 11.4. The van der Waals surface area contributed by atoms with Gasteiger partial charge in [0.15, 0.2) is 0 Å². The molecular weight excluding hydrogens is 258 g/mol. The lowest BCUT2D eigenvalue weighted by atomic mass is 10.1. The van der Waals surface area contributed by atoms with Gasteiger partial charge in [0.2, 0.25) is 5.91 Å². The van der Waals surface area contributed by atoms with E-state index in [1.54, 1.807) is 32.2 Å². The van der Waals surface area contributed by atoms with Crippen molar-refractivity contribution >= 4 is 40.4 Å². The van der Waals surface area contributed by atoms with E-state index in [9.17, 15) is 4.79 Å². The van der Waals surface area contributed by atoms with Gasteiger partial charge in [-0.05, 0) is 25.1 Å². The van der Waals surface area contributed by atoms with E-state index in [0.29, 0.717) is 16.3 Å². The minimum absolute atomic E-state index is 0.117. The molecule has 0 spiro atoms. The molecule has 4 N–H and O–H groups in total. The van der Waals surface area contributed by atoms with Gasteiger partial charge in [-0.15, -0.1) is 0 Å². The molecule has 17 heavy (non-hydrogen) atoms. The molecule has 0 fully saturated rings. The van der Waals surface area contributed by atoms with Gasteiger partial charge in [0.25, 0.3) is 0 Å². The number of hydrogen-bond donors (Lipinski definition) is 3. The first-order valence-corrected chi connectivity index (χ1v) is 5.81. The molecule has 0 aliphatic rings. The highest BCUT2D eigenvalue weighted by Crippen LogP contribution is 2.21. The smallest absolute Gasteiger partial charge is 0.241 e. The number of thiocarbonyl (C=S) groups is 1. The van der Waals surface area contributed by atoms with Crippen LogP contribution in [0.1, 0.15) is 12.5 Å². The summed E-state index contributed by atoms with van der Waals surface area (Å²) in [6.45, 7) is 1.75. The van der Waals surface area contributed by atoms with Crippen molar-refractivity contribution in [2.24, 2.45) is 5.73 Å². The number of anilines is 1. The largest absolute Gasteiger partial charge is 0.389 e. The SMILES string of the molecule is CNC(=O)C(C)Nc1ccc(Cl)cc1C(N)=S. The zero-order valence-corrected chi connectivity index (χ0v) is 11.2. The minimum Gasteiger partial charge on any atom is -0.389 e. The Kier molecular flexibility index (Phi) is 4.72. The van der Waals surface area contributed by atoms with Gasteiger partial charge < -0.3 is 16.4 Å². The monoisotopic (exact) mass is 271 g/mol. The van der Waals surface area contributed by atoms with Crippen LogP contribution in [0.3, 0.4) is 0 Å². The highest BCUT2D eigenvalue weighted by atomic mass is 35.5. The molecule has 1 unspecified atom stereocenters. The maximum absolute atomic E-state index is 11.4. The van der Waals surface area contributed by atoms with Crippen LogP contribution < -0.4 is 16.4 Å². The summed E-state index contributed by atoms with van der Waals surface area (Å²) in [6.07, 6.45) is 0. The van der Waals surface area contributed by atoms with E-state index in [1.165, 1.54) is 0 Å². The van der Waals surface area contributed by atoms with Crippen LogP contribution in [0.15, 0.2) is 18.2 Å². The van der Waals surface area contributed by atoms with Crippen molar-refractivity contribution in [1.82, 2.24) is 5.32 Å². The van der Waals surface area contributed by atoms with E-state index in [2.05, 4.69) is 10.6 Å². The number of rotatable bonds is 4. The van der Waals surface area contributed by atoms with Crippen LogP contribution in [0.2, 0.25) is 5.02 Å². The Bertz CT molecular complexity index is 450. The second kappa shape index (κ2) is 5.84. The van der Waals surface area contributed by atoms with Crippen LogP contribution in [0, 0.1) is 0 Å². The predicted octanol–water partition coefficient (Wildman–Crippen LogP) is 1.52. The third kappa shape index (κ3) is 3.57. The van der Waals surface area contributed by atoms with E-state index in [-0.39, 0.29) is 16.9 Å². The molecule has 0 radical (unpaired) electrons. The summed E-state index contributed by atoms with van der Waals surface area (Å²) >= 11 is 10.8. The van der Waals surface area contributed by atoms with Crippen LogP contribution in [0.5, 0.6) is 0 Å². The average Bonchev–Trinajstić information content (AvgIpc) is 2.29. The summed E-state index contributed by atoms with van der Waals surface area (Å²) < 4.78 is 0. The van der Waals surface area contributed by atoms with Crippen LogP contribution in [0.4, 0.5) is 5.69 Å². The number of carbonyl (C=O) groups is 1. The average molecular weight is 272 g/mol. The van der Waals surface area contributed by atoms with Crippen molar-refractivity contribution in [2.45, 2.75) is 13.0 Å². The molecule has 0 saturated carbocycles. The number of likely N-dealkylation sites (N-methyl/N-ethyl adjacent to an activating group) is 1. The van der Waals surface area contributed by atoms with Crippen LogP contribution in [0.25, 0.3) is 0 Å². The number of carbonyl (C=O) groups excluding carboxylic acids is 1. The number of hydrogen-bond acceptors (Lipinski definition) is 3. The standard InChI is InChI=1S/C11H14ClN3OS/c1-6(11(16)14-2)15-9-4-3-7(12)5-8(9)10(13)17/h3-6,15H,1-2H3,(H2,13,17)(H,14,16). The lowest BCUT2D eigenvalue weighted by Crippen LogP contribution is -2.35. The molecule has 1 atom stereocenters. The van der Waals surface area contributed by atoms with Crippen molar-refractivity contribution in [3.8, 4) is 0 Å². The normalized spacial score (nSPS) is 11.7. The minimum atomic E-state index is -0.380. The molecule has 6 heteroatoms. The van der Waals surface area contributed by atoms with E-state index >= 15 is 0 Å². The molecule has 4 nitrogen and oxygen atoms in total. The quantitative estimate of drug-likeness (QED) is 0.727. The summed E-state index contributed by atoms with van der Waals surface area (Å²) in [5, 5.41) is 6.13. The summed E-state index contributed by atoms with van der Waals surface area (Å²) in [7, 11) is 1.58. The Hall–Kier alpha value is -1.33. The van der Waals surface area contributed by atoms with E-state index in [1.807, 2.05) is 0 Å². The predicted molar refractivity (Wildman–Crippen MR) is 74.5 cm³/mol. The fourth-order valence-corrected chi connectivity index (χ4v) is 1.70. The molecule has 0 heterocycles. The molecule has 0 bridgehead atoms. The van der Waals surface area contributed by atoms with E-state index in [0.717, 1.165) is 0 Å². The highest BCUT2D eigenvalue weighted by molar-refractivity contribution is 7.80. The lowest BCUT2D eigenvalue weighted by Gasteiger charge is -2.16. The lowest BCUT2D eigenvalue weighted by molar-refractivity contribution is -0.121. The van der Waals surface area contributed by atoms with Crippen molar-refractivity contribution in [2.75, 3.05) is 12.4 Å². The maximum Gasteiger partial charge on any atom is 0.241 e. The van der Waals surface area contributed by atoms with Gasteiger partial charge in [-0.2, -0.15) is 0 Å². The summed E-state index contributed by atoms with van der Waals surface area (Å²) in [5.41, 5.74) is 6.92. The van der Waals surface area contributed by atoms with Crippen LogP contribution in [-0.4, -0.2) is 24.0 Å². The highest BCUT2D eigenvalue weighted by Gasteiger charge is 2.13. The van der Waals surface area contributed by atoms with Gasteiger partial charge in [0.1, 0.15) is 11.0 Å². The molecule has 1 amide bonds. The third-order valence-electron chi connectivity index (χ3n) is 2.26. The van der Waals surface area contributed by atoms with Gasteiger partial charge >= 0.3 is 0 Å². The Labute approximate surface area is 111 Å². The second-order valence-electron chi connectivity index (χ2n) is 3.53. The van der Waals surface area contributed by atoms with E-state index in [4.69, 9.17) is 29.6 Å². The van der Waals surface area contributed by atoms with Gasteiger partial charge in [0, 0.05) is 23.3 Å². The first kappa shape index (κ1) is 13.7. The molecule has 92 valence electrons. The topological polar surface area (TPSA) is 67.2 Å². The van der Waals surface area contributed by atoms with Crippen LogP contribution in [-0.2, 0) is 4.79 Å². The Balaban J connectivity index is 2.98. The molecule has 0 aliphatic carbocycles. The number of amides is 1. The van der Waals surface area contributed by atoms with Crippen molar-refractivity contribution < 1.29 is 4.79 Å². The van der Waals surface area contributed by atoms with Gasteiger partial charge in [-0.1, -0.05) is 23.8 Å². The zero-order chi connectivity index (χ0) is 13.0. The van der Waals surface area contributed by atoms with Gasteiger partial charge in [0.05, 0.1) is 0 Å². The molecule has 0 aliphatic heterocycles. The fraction of sp³-hybridized carbons (Fsp3) is 0.273. The molecular formula is C11H14ClN3OS. The Morgan fingerprint density at radius 2 is 2.18 bits per heavy atom. The number of nitrogens with two attached hydrogens (primary N) is 1. The molecule has 0 aromatic heterocycles. The summed E-state index contributed by atoms with van der Waals surface area (Å²) in [6, 6.07) is 4.75. The van der Waals surface area contributed by atoms with Crippen molar-refractivity contribution in [3.05, 3.63) is 28.8 Å². The number of nitrogens with one attached hydrogen (secondary N) is 2. The van der Waals surface area contributed by atoms with Crippen LogP contribution >= 0.6 is 23.8 Å². The number of halogens is 1.